The lowest BCUT2D eigenvalue weighted by molar-refractivity contribution is -0.158. The first kappa shape index (κ1) is 15.5. The SMILES string of the molecule is CCCCC1(O)COC2(CN(C(=O)Cn3cc(C)cn3)C2)C1. The monoisotopic (exact) mass is 307 g/mol. The van der Waals surface area contributed by atoms with E-state index in [1.807, 2.05) is 13.1 Å². The maximum absolute atomic E-state index is 12.2. The highest BCUT2D eigenvalue weighted by Crippen LogP contribution is 2.42. The van der Waals surface area contributed by atoms with Crippen LogP contribution in [0.5, 0.6) is 0 Å². The van der Waals surface area contributed by atoms with Crippen LogP contribution < -0.4 is 0 Å². The zero-order chi connectivity index (χ0) is 15.8. The number of hydrogen-bond acceptors (Lipinski definition) is 4. The first-order valence-corrected chi connectivity index (χ1v) is 8.07. The van der Waals surface area contributed by atoms with Crippen LogP contribution in [0.15, 0.2) is 12.4 Å². The molecule has 2 fully saturated rings. The normalized spacial score (nSPS) is 26.4. The minimum atomic E-state index is -0.704. The third-order valence-corrected chi connectivity index (χ3v) is 4.66. The van der Waals surface area contributed by atoms with Crippen molar-refractivity contribution < 1.29 is 14.6 Å². The molecule has 0 saturated carbocycles. The lowest BCUT2D eigenvalue weighted by Gasteiger charge is -2.47. The summed E-state index contributed by atoms with van der Waals surface area (Å²) in [5.74, 6) is 0.0568. The zero-order valence-electron chi connectivity index (χ0n) is 13.4. The molecule has 1 unspecified atom stereocenters. The van der Waals surface area contributed by atoms with Gasteiger partial charge in [-0.15, -0.1) is 0 Å². The van der Waals surface area contributed by atoms with Crippen LogP contribution in [0.4, 0.5) is 0 Å². The Bertz CT molecular complexity index is 551. The van der Waals surface area contributed by atoms with Crippen molar-refractivity contribution in [2.45, 2.75) is 57.3 Å². The van der Waals surface area contributed by atoms with E-state index in [1.54, 1.807) is 15.8 Å². The van der Waals surface area contributed by atoms with Crippen LogP contribution >= 0.6 is 0 Å². The van der Waals surface area contributed by atoms with E-state index in [0.29, 0.717) is 26.1 Å². The van der Waals surface area contributed by atoms with Gasteiger partial charge in [-0.05, 0) is 18.9 Å². The first-order valence-electron chi connectivity index (χ1n) is 8.07. The molecule has 0 radical (unpaired) electrons. The smallest absolute Gasteiger partial charge is 0.244 e. The van der Waals surface area contributed by atoms with Crippen LogP contribution in [0.2, 0.25) is 0 Å². The molecule has 122 valence electrons. The topological polar surface area (TPSA) is 67.6 Å². The Balaban J connectivity index is 1.50. The van der Waals surface area contributed by atoms with E-state index in [2.05, 4.69) is 12.0 Å². The summed E-state index contributed by atoms with van der Waals surface area (Å²) in [5, 5.41) is 14.7. The molecule has 22 heavy (non-hydrogen) atoms. The van der Waals surface area contributed by atoms with Crippen molar-refractivity contribution in [3.8, 4) is 0 Å². The molecular weight excluding hydrogens is 282 g/mol. The number of aliphatic hydroxyl groups is 1. The fraction of sp³-hybridized carbons (Fsp3) is 0.750. The number of aromatic nitrogens is 2. The Labute approximate surface area is 131 Å². The number of ether oxygens (including phenoxy) is 1. The number of carbonyl (C=O) groups excluding carboxylic acids is 1. The Morgan fingerprint density at radius 1 is 1.50 bits per heavy atom. The Morgan fingerprint density at radius 3 is 2.91 bits per heavy atom. The van der Waals surface area contributed by atoms with Crippen molar-refractivity contribution in [2.24, 2.45) is 0 Å². The van der Waals surface area contributed by atoms with E-state index in [-0.39, 0.29) is 18.1 Å². The van der Waals surface area contributed by atoms with E-state index in [9.17, 15) is 9.90 Å². The van der Waals surface area contributed by atoms with Crippen molar-refractivity contribution in [1.29, 1.82) is 0 Å². The first-order chi connectivity index (χ1) is 10.4. The summed E-state index contributed by atoms with van der Waals surface area (Å²) in [5.41, 5.74) is 0.0237. The van der Waals surface area contributed by atoms with Gasteiger partial charge in [0.25, 0.3) is 0 Å². The van der Waals surface area contributed by atoms with Gasteiger partial charge in [0, 0.05) is 12.6 Å². The highest BCUT2D eigenvalue weighted by Gasteiger charge is 2.55. The Hall–Kier alpha value is -1.40. The van der Waals surface area contributed by atoms with Crippen LogP contribution in [-0.2, 0) is 16.1 Å². The predicted molar refractivity (Wildman–Crippen MR) is 81.3 cm³/mol. The van der Waals surface area contributed by atoms with E-state index < -0.39 is 5.60 Å². The molecule has 6 heteroatoms. The highest BCUT2D eigenvalue weighted by atomic mass is 16.5. The second-order valence-corrected chi connectivity index (χ2v) is 6.94. The molecule has 3 heterocycles. The number of carbonyl (C=O) groups is 1. The largest absolute Gasteiger partial charge is 0.387 e. The van der Waals surface area contributed by atoms with E-state index in [0.717, 1.165) is 24.8 Å². The Morgan fingerprint density at radius 2 is 2.27 bits per heavy atom. The summed E-state index contributed by atoms with van der Waals surface area (Å²) in [6.07, 6.45) is 7.12. The number of hydrogen-bond donors (Lipinski definition) is 1. The molecule has 1 amide bonds. The molecule has 1 N–H and O–H groups in total. The summed E-state index contributed by atoms with van der Waals surface area (Å²) >= 11 is 0. The van der Waals surface area contributed by atoms with Crippen LogP contribution in [0, 0.1) is 6.92 Å². The van der Waals surface area contributed by atoms with Gasteiger partial charge in [-0.2, -0.15) is 5.10 Å². The lowest BCUT2D eigenvalue weighted by atomic mass is 9.82. The number of rotatable bonds is 5. The Kier molecular flexibility index (Phi) is 3.99. The van der Waals surface area contributed by atoms with Crippen molar-refractivity contribution in [3.05, 3.63) is 18.0 Å². The van der Waals surface area contributed by atoms with Crippen molar-refractivity contribution in [2.75, 3.05) is 19.7 Å². The molecule has 0 bridgehead atoms. The molecule has 3 rings (SSSR count). The van der Waals surface area contributed by atoms with E-state index in [4.69, 9.17) is 4.74 Å². The number of unbranched alkanes of at least 4 members (excludes halogenated alkanes) is 1. The molecule has 0 aromatic carbocycles. The fourth-order valence-electron chi connectivity index (χ4n) is 3.48. The van der Waals surface area contributed by atoms with Crippen molar-refractivity contribution in [1.82, 2.24) is 14.7 Å². The second-order valence-electron chi connectivity index (χ2n) is 6.94. The second kappa shape index (κ2) is 5.66. The van der Waals surface area contributed by atoms with Crippen molar-refractivity contribution in [3.63, 3.8) is 0 Å². The van der Waals surface area contributed by atoms with Gasteiger partial charge in [0.15, 0.2) is 0 Å². The third-order valence-electron chi connectivity index (χ3n) is 4.66. The molecule has 2 aliphatic rings. The standard InChI is InChI=1S/C16H25N3O3/c1-3-4-5-15(21)9-16(22-12-15)10-18(11-16)14(20)8-19-7-13(2)6-17-19/h6-7,21H,3-5,8-12H2,1-2H3. The lowest BCUT2D eigenvalue weighted by Crippen LogP contribution is -2.64. The molecule has 2 aliphatic heterocycles. The van der Waals surface area contributed by atoms with Gasteiger partial charge in [-0.1, -0.05) is 19.8 Å². The maximum atomic E-state index is 12.2. The van der Waals surface area contributed by atoms with Gasteiger partial charge in [0.1, 0.15) is 12.1 Å². The van der Waals surface area contributed by atoms with Gasteiger partial charge in [-0.3, -0.25) is 9.48 Å². The average molecular weight is 307 g/mol. The predicted octanol–water partition coefficient (Wildman–Crippen LogP) is 1.11. The van der Waals surface area contributed by atoms with Crippen LogP contribution in [-0.4, -0.2) is 56.6 Å². The summed E-state index contributed by atoms with van der Waals surface area (Å²) in [7, 11) is 0. The molecule has 1 aromatic rings. The summed E-state index contributed by atoms with van der Waals surface area (Å²) in [4.78, 5) is 14.0. The van der Waals surface area contributed by atoms with Crippen LogP contribution in [0.25, 0.3) is 0 Å². The van der Waals surface area contributed by atoms with Crippen molar-refractivity contribution >= 4 is 5.91 Å². The minimum absolute atomic E-state index is 0.0568. The number of aryl methyl sites for hydroxylation is 1. The molecule has 2 saturated heterocycles. The fourth-order valence-corrected chi connectivity index (χ4v) is 3.48. The molecule has 6 nitrogen and oxygen atoms in total. The average Bonchev–Trinajstić information content (AvgIpc) is 2.99. The molecule has 0 aliphatic carbocycles. The minimum Gasteiger partial charge on any atom is -0.387 e. The summed E-state index contributed by atoms with van der Waals surface area (Å²) < 4.78 is 7.52. The zero-order valence-corrected chi connectivity index (χ0v) is 13.4. The molecule has 1 aromatic heterocycles. The van der Waals surface area contributed by atoms with E-state index >= 15 is 0 Å². The third kappa shape index (κ3) is 3.03. The quantitative estimate of drug-likeness (QED) is 0.885. The highest BCUT2D eigenvalue weighted by molar-refractivity contribution is 5.77. The summed E-state index contributed by atoms with van der Waals surface area (Å²) in [6, 6.07) is 0. The number of nitrogens with zero attached hydrogens (tertiary/aromatic N) is 3. The molecular formula is C16H25N3O3. The van der Waals surface area contributed by atoms with Gasteiger partial charge in [0.2, 0.25) is 5.91 Å². The van der Waals surface area contributed by atoms with Gasteiger partial charge in [-0.25, -0.2) is 0 Å². The maximum Gasteiger partial charge on any atom is 0.244 e. The van der Waals surface area contributed by atoms with Gasteiger partial charge >= 0.3 is 0 Å². The van der Waals surface area contributed by atoms with Gasteiger partial charge in [0.05, 0.1) is 31.5 Å². The van der Waals surface area contributed by atoms with Crippen LogP contribution in [0.1, 0.15) is 38.2 Å². The van der Waals surface area contributed by atoms with Gasteiger partial charge < -0.3 is 14.7 Å². The molecule has 1 atom stereocenters. The van der Waals surface area contributed by atoms with E-state index in [1.165, 1.54) is 0 Å². The number of likely N-dealkylation sites (tertiary alicyclic amines) is 1. The number of amides is 1. The summed E-state index contributed by atoms with van der Waals surface area (Å²) in [6.45, 7) is 5.91. The molecule has 1 spiro atoms. The van der Waals surface area contributed by atoms with Crippen LogP contribution in [0.3, 0.4) is 0 Å².